The van der Waals surface area contributed by atoms with Gasteiger partial charge in [-0.1, -0.05) is 0 Å². The summed E-state index contributed by atoms with van der Waals surface area (Å²) in [5.74, 6) is 0. The molecule has 2 fully saturated rings. The summed E-state index contributed by atoms with van der Waals surface area (Å²) in [6.45, 7) is 3.73. The zero-order valence-corrected chi connectivity index (χ0v) is 8.52. The Labute approximate surface area is 89.3 Å². The second-order valence-corrected chi connectivity index (χ2v) is 4.01. The fourth-order valence-electron chi connectivity index (χ4n) is 2.28. The molecule has 0 amide bonds. The third kappa shape index (κ3) is 1.70. The van der Waals surface area contributed by atoms with Gasteiger partial charge in [-0.15, -0.1) is 0 Å². The molecule has 0 spiro atoms. The van der Waals surface area contributed by atoms with E-state index >= 15 is 0 Å². The molecule has 15 heavy (non-hydrogen) atoms. The molecule has 1 aromatic heterocycles. The van der Waals surface area contributed by atoms with E-state index in [9.17, 15) is 0 Å². The maximum Gasteiger partial charge on any atom is 0.114 e. The molecule has 1 radical (unpaired) electrons. The first-order valence-electron chi connectivity index (χ1n) is 5.36. The van der Waals surface area contributed by atoms with Gasteiger partial charge in [-0.2, -0.15) is 0 Å². The minimum Gasteiger partial charge on any atom is -0.373 e. The minimum atomic E-state index is 0.326. The lowest BCUT2D eigenvalue weighted by atomic mass is 10.2. The molecule has 0 saturated carbocycles. The Morgan fingerprint density at radius 1 is 1.53 bits per heavy atom. The lowest BCUT2D eigenvalue weighted by molar-refractivity contribution is 0.0212. The van der Waals surface area contributed by atoms with Crippen molar-refractivity contribution in [3.05, 3.63) is 24.5 Å². The Bertz CT molecular complexity index is 316. The number of anilines is 1. The normalized spacial score (nSPS) is 30.3. The number of morpholine rings is 1. The van der Waals surface area contributed by atoms with Gasteiger partial charge in [0.2, 0.25) is 0 Å². The minimum absolute atomic E-state index is 0.326. The molecule has 4 heteroatoms. The first kappa shape index (κ1) is 9.12. The molecule has 0 bridgehead atoms. The summed E-state index contributed by atoms with van der Waals surface area (Å²) in [7, 11) is 0. The molecule has 2 aliphatic rings. The van der Waals surface area contributed by atoms with E-state index in [-0.39, 0.29) is 0 Å². The van der Waals surface area contributed by atoms with Crippen LogP contribution in [0.3, 0.4) is 0 Å². The van der Waals surface area contributed by atoms with Gasteiger partial charge in [-0.25, -0.2) is 0 Å². The fourth-order valence-corrected chi connectivity index (χ4v) is 2.28. The second kappa shape index (κ2) is 3.79. The predicted molar refractivity (Wildman–Crippen MR) is 56.8 cm³/mol. The number of aromatic nitrogens is 1. The SMILES string of the molecule is [c]1ncccc1N1CC2NCCOC2C1. The summed E-state index contributed by atoms with van der Waals surface area (Å²) in [5, 5.41) is 3.48. The van der Waals surface area contributed by atoms with Crippen LogP contribution < -0.4 is 10.2 Å². The maximum atomic E-state index is 5.72. The maximum absolute atomic E-state index is 5.72. The highest BCUT2D eigenvalue weighted by Crippen LogP contribution is 2.22. The Morgan fingerprint density at radius 2 is 2.53 bits per heavy atom. The van der Waals surface area contributed by atoms with Crippen molar-refractivity contribution in [3.8, 4) is 0 Å². The van der Waals surface area contributed by atoms with Gasteiger partial charge in [0.15, 0.2) is 0 Å². The van der Waals surface area contributed by atoms with Gasteiger partial charge >= 0.3 is 0 Å². The van der Waals surface area contributed by atoms with E-state index in [1.165, 1.54) is 0 Å². The van der Waals surface area contributed by atoms with E-state index in [4.69, 9.17) is 4.74 Å². The number of hydrogen-bond donors (Lipinski definition) is 1. The molecule has 3 heterocycles. The highest BCUT2D eigenvalue weighted by molar-refractivity contribution is 5.44. The second-order valence-electron chi connectivity index (χ2n) is 4.01. The van der Waals surface area contributed by atoms with Crippen molar-refractivity contribution in [1.29, 1.82) is 0 Å². The molecule has 1 N–H and O–H groups in total. The number of ether oxygens (including phenoxy) is 1. The highest BCUT2D eigenvalue weighted by atomic mass is 16.5. The molecule has 79 valence electrons. The molecule has 4 nitrogen and oxygen atoms in total. The van der Waals surface area contributed by atoms with E-state index < -0.39 is 0 Å². The number of pyridine rings is 1. The van der Waals surface area contributed by atoms with Gasteiger partial charge in [0.25, 0.3) is 0 Å². The number of nitrogens with one attached hydrogen (secondary N) is 1. The predicted octanol–water partition coefficient (Wildman–Crippen LogP) is 0.0588. The third-order valence-electron chi connectivity index (χ3n) is 3.04. The van der Waals surface area contributed by atoms with Gasteiger partial charge in [-0.05, 0) is 12.1 Å². The molecule has 2 unspecified atom stereocenters. The quantitative estimate of drug-likeness (QED) is 0.702. The van der Waals surface area contributed by atoms with Crippen molar-refractivity contribution in [2.75, 3.05) is 31.1 Å². The summed E-state index contributed by atoms with van der Waals surface area (Å²) < 4.78 is 5.72. The van der Waals surface area contributed by atoms with Gasteiger partial charge in [0.05, 0.1) is 24.4 Å². The van der Waals surface area contributed by atoms with Crippen LogP contribution in [0.15, 0.2) is 18.3 Å². The van der Waals surface area contributed by atoms with Gasteiger partial charge in [0, 0.05) is 25.8 Å². The third-order valence-corrected chi connectivity index (χ3v) is 3.04. The first-order valence-corrected chi connectivity index (χ1v) is 5.36. The summed E-state index contributed by atoms with van der Waals surface area (Å²) in [6.07, 6.45) is 5.09. The Kier molecular flexibility index (Phi) is 2.31. The number of rotatable bonds is 1. The number of nitrogens with zero attached hydrogens (tertiary/aromatic N) is 2. The summed E-state index contributed by atoms with van der Waals surface area (Å²) in [5.41, 5.74) is 1.07. The summed E-state index contributed by atoms with van der Waals surface area (Å²) in [4.78, 5) is 6.30. The van der Waals surface area contributed by atoms with Gasteiger partial charge in [0.1, 0.15) is 6.20 Å². The van der Waals surface area contributed by atoms with Gasteiger partial charge in [-0.3, -0.25) is 4.98 Å². The van der Waals surface area contributed by atoms with Crippen LogP contribution in [0.25, 0.3) is 0 Å². The first-order chi connectivity index (χ1) is 7.43. The van der Waals surface area contributed by atoms with Crippen molar-refractivity contribution >= 4 is 5.69 Å². The van der Waals surface area contributed by atoms with E-state index in [1.807, 2.05) is 12.1 Å². The van der Waals surface area contributed by atoms with Crippen LogP contribution >= 0.6 is 0 Å². The van der Waals surface area contributed by atoms with Crippen LogP contribution in [0, 0.1) is 6.20 Å². The van der Waals surface area contributed by atoms with E-state index in [1.54, 1.807) is 6.20 Å². The molecule has 0 aromatic carbocycles. The van der Waals surface area contributed by atoms with Crippen molar-refractivity contribution in [2.24, 2.45) is 0 Å². The largest absolute Gasteiger partial charge is 0.373 e. The Morgan fingerprint density at radius 3 is 3.33 bits per heavy atom. The van der Waals surface area contributed by atoms with Crippen LogP contribution in [0.4, 0.5) is 5.69 Å². The molecule has 3 rings (SSSR count). The Hall–Kier alpha value is -1.13. The Balaban J connectivity index is 1.75. The molecule has 0 aliphatic carbocycles. The number of fused-ring (bicyclic) bond motifs is 1. The molecular weight excluding hydrogens is 190 g/mol. The average molecular weight is 204 g/mol. The monoisotopic (exact) mass is 204 g/mol. The topological polar surface area (TPSA) is 37.4 Å². The van der Waals surface area contributed by atoms with E-state index in [0.717, 1.165) is 31.9 Å². The standard InChI is InChI=1S/C11H14N3O/c1-2-9(6-12-3-1)14-7-10-11(8-14)15-5-4-13-10/h1-3,10-11,13H,4-5,7-8H2. The zero-order valence-electron chi connectivity index (χ0n) is 8.52. The highest BCUT2D eigenvalue weighted by Gasteiger charge is 2.35. The summed E-state index contributed by atoms with van der Waals surface area (Å²) in [6, 6.07) is 4.46. The van der Waals surface area contributed by atoms with Crippen LogP contribution in [0.5, 0.6) is 0 Å². The zero-order chi connectivity index (χ0) is 10.1. The van der Waals surface area contributed by atoms with Crippen LogP contribution in [-0.4, -0.2) is 43.4 Å². The van der Waals surface area contributed by atoms with Crippen LogP contribution in [0.1, 0.15) is 0 Å². The number of hydrogen-bond acceptors (Lipinski definition) is 4. The van der Waals surface area contributed by atoms with Crippen molar-refractivity contribution in [3.63, 3.8) is 0 Å². The molecule has 1 aromatic rings. The van der Waals surface area contributed by atoms with Gasteiger partial charge < -0.3 is 15.0 Å². The van der Waals surface area contributed by atoms with Crippen LogP contribution in [-0.2, 0) is 4.74 Å². The smallest absolute Gasteiger partial charge is 0.114 e. The summed E-state index contributed by atoms with van der Waals surface area (Å²) >= 11 is 0. The van der Waals surface area contributed by atoms with Crippen molar-refractivity contribution in [2.45, 2.75) is 12.1 Å². The average Bonchev–Trinajstić information content (AvgIpc) is 2.74. The lowest BCUT2D eigenvalue weighted by Crippen LogP contribution is -2.47. The molecule has 2 atom stereocenters. The van der Waals surface area contributed by atoms with Crippen LogP contribution in [0.2, 0.25) is 0 Å². The lowest BCUT2D eigenvalue weighted by Gasteiger charge is -2.25. The van der Waals surface area contributed by atoms with Crippen molar-refractivity contribution in [1.82, 2.24) is 10.3 Å². The molecular formula is C11H14N3O. The molecule has 2 saturated heterocycles. The molecule has 2 aliphatic heterocycles. The van der Waals surface area contributed by atoms with Crippen molar-refractivity contribution < 1.29 is 4.74 Å². The van der Waals surface area contributed by atoms with E-state index in [2.05, 4.69) is 21.4 Å². The van der Waals surface area contributed by atoms with E-state index in [0.29, 0.717) is 12.1 Å². The fraction of sp³-hybridized carbons (Fsp3) is 0.545.